The van der Waals surface area contributed by atoms with Crippen LogP contribution in [-0.2, 0) is 19.2 Å². The molecular weight excluding hydrogens is 607 g/mol. The highest BCUT2D eigenvalue weighted by Gasteiger charge is 2.44. The minimum atomic E-state index is -5.09. The van der Waals surface area contributed by atoms with Crippen LogP contribution < -0.4 is 27.0 Å². The number of carbonyl (C=O) groups excluding carboxylic acids is 5. The van der Waals surface area contributed by atoms with Crippen molar-refractivity contribution in [2.45, 2.75) is 83.9 Å². The lowest BCUT2D eigenvalue weighted by molar-refractivity contribution is -0.212. The molecule has 0 fully saturated rings. The van der Waals surface area contributed by atoms with Gasteiger partial charge in [0.05, 0.1) is 6.04 Å². The van der Waals surface area contributed by atoms with Crippen LogP contribution in [0.5, 0.6) is 0 Å². The summed E-state index contributed by atoms with van der Waals surface area (Å²) in [5.41, 5.74) is 7.20. The molecular formula is C32H42F3N5O6. The van der Waals surface area contributed by atoms with Crippen molar-refractivity contribution in [3.8, 4) is 11.1 Å². The molecule has 0 spiro atoms. The van der Waals surface area contributed by atoms with E-state index in [1.807, 2.05) is 35.6 Å². The van der Waals surface area contributed by atoms with Crippen LogP contribution in [0.4, 0.5) is 13.2 Å². The molecule has 46 heavy (non-hydrogen) atoms. The van der Waals surface area contributed by atoms with E-state index in [0.717, 1.165) is 11.1 Å². The van der Waals surface area contributed by atoms with Crippen molar-refractivity contribution in [2.75, 3.05) is 0 Å². The maximum absolute atomic E-state index is 13.3. The SMILES string of the molecule is CC(C)[C@H](NC(=O)c1ccc(-c2ccccc2)cc1)C(=O)N[C@H](C(=O)N[C@@H](C)C(=O)NC(CCC(N)=O)C(O)C(F)(F)F)C(C)C. The fourth-order valence-electron chi connectivity index (χ4n) is 4.49. The van der Waals surface area contributed by atoms with Crippen molar-refractivity contribution in [3.05, 3.63) is 60.2 Å². The number of primary amides is 1. The second kappa shape index (κ2) is 16.7. The molecule has 2 unspecified atom stereocenters. The quantitative estimate of drug-likeness (QED) is 0.172. The number of amides is 5. The molecule has 7 N–H and O–H groups in total. The van der Waals surface area contributed by atoms with Crippen molar-refractivity contribution >= 4 is 29.5 Å². The van der Waals surface area contributed by atoms with Gasteiger partial charge in [0.25, 0.3) is 5.91 Å². The second-order valence-corrected chi connectivity index (χ2v) is 11.7. The lowest BCUT2D eigenvalue weighted by Gasteiger charge is -2.29. The molecule has 0 saturated carbocycles. The van der Waals surface area contributed by atoms with Gasteiger partial charge in [-0.2, -0.15) is 13.2 Å². The summed E-state index contributed by atoms with van der Waals surface area (Å²) in [6, 6.07) is 10.9. The third-order valence-corrected chi connectivity index (χ3v) is 7.23. The highest BCUT2D eigenvalue weighted by atomic mass is 19.4. The predicted octanol–water partition coefficient (Wildman–Crippen LogP) is 2.43. The van der Waals surface area contributed by atoms with Crippen LogP contribution in [0.15, 0.2) is 54.6 Å². The largest absolute Gasteiger partial charge is 0.416 e. The minimum Gasteiger partial charge on any atom is -0.382 e. The van der Waals surface area contributed by atoms with E-state index in [2.05, 4.69) is 16.0 Å². The Morgan fingerprint density at radius 2 is 1.22 bits per heavy atom. The van der Waals surface area contributed by atoms with Crippen LogP contribution in [0.3, 0.4) is 0 Å². The fraction of sp³-hybridized carbons (Fsp3) is 0.469. The number of aliphatic hydroxyl groups excluding tert-OH is 1. The van der Waals surface area contributed by atoms with Gasteiger partial charge in [-0.15, -0.1) is 0 Å². The van der Waals surface area contributed by atoms with Gasteiger partial charge in [0, 0.05) is 12.0 Å². The Balaban J connectivity index is 2.09. The average Bonchev–Trinajstić information content (AvgIpc) is 2.99. The first-order chi connectivity index (χ1) is 21.4. The third kappa shape index (κ3) is 11.2. The smallest absolute Gasteiger partial charge is 0.382 e. The summed E-state index contributed by atoms with van der Waals surface area (Å²) in [7, 11) is 0. The number of benzene rings is 2. The summed E-state index contributed by atoms with van der Waals surface area (Å²) in [6.07, 6.45) is -9.20. The first kappa shape index (κ1) is 37.7. The number of hydrogen-bond donors (Lipinski definition) is 6. The van der Waals surface area contributed by atoms with E-state index in [9.17, 15) is 42.3 Å². The number of alkyl halides is 3. The van der Waals surface area contributed by atoms with Gasteiger partial charge in [-0.1, -0.05) is 70.2 Å². The van der Waals surface area contributed by atoms with Gasteiger partial charge in [0.2, 0.25) is 23.6 Å². The number of hydrogen-bond acceptors (Lipinski definition) is 6. The lowest BCUT2D eigenvalue weighted by atomic mass is 9.98. The Labute approximate surface area is 265 Å². The number of aliphatic hydroxyl groups is 1. The van der Waals surface area contributed by atoms with Gasteiger partial charge in [-0.05, 0) is 48.4 Å². The molecule has 252 valence electrons. The topological polar surface area (TPSA) is 180 Å². The summed E-state index contributed by atoms with van der Waals surface area (Å²) in [4.78, 5) is 63.2. The van der Waals surface area contributed by atoms with E-state index in [4.69, 9.17) is 5.73 Å². The summed E-state index contributed by atoms with van der Waals surface area (Å²) in [5, 5.41) is 19.3. The summed E-state index contributed by atoms with van der Waals surface area (Å²) in [6.45, 7) is 7.89. The summed E-state index contributed by atoms with van der Waals surface area (Å²) >= 11 is 0. The minimum absolute atomic E-state index is 0.320. The van der Waals surface area contributed by atoms with Crippen LogP contribution in [0, 0.1) is 11.8 Å². The molecule has 0 aliphatic heterocycles. The second-order valence-electron chi connectivity index (χ2n) is 11.7. The van der Waals surface area contributed by atoms with Crippen LogP contribution in [-0.4, -0.2) is 71.1 Å². The molecule has 2 aromatic carbocycles. The van der Waals surface area contributed by atoms with Gasteiger partial charge in [0.15, 0.2) is 6.10 Å². The van der Waals surface area contributed by atoms with E-state index >= 15 is 0 Å². The molecule has 5 amide bonds. The van der Waals surface area contributed by atoms with E-state index in [1.54, 1.807) is 52.0 Å². The molecule has 14 heteroatoms. The normalized spacial score (nSPS) is 14.8. The monoisotopic (exact) mass is 649 g/mol. The Bertz CT molecular complexity index is 1350. The molecule has 2 aromatic rings. The summed E-state index contributed by atoms with van der Waals surface area (Å²) < 4.78 is 39.4. The standard InChI is InChI=1S/C32H42F3N5O6/c1-17(2)25(30(45)37-19(5)28(43)38-23(15-16-24(36)41)27(42)32(33,34)35)40-31(46)26(18(3)4)39-29(44)22-13-11-21(12-14-22)20-9-7-6-8-10-20/h6-14,17-19,23,25-27,42H,15-16H2,1-5H3,(H2,36,41)(H,37,45)(H,38,43)(H,39,44)(H,40,46)/t19-,23?,25-,26-,27?/m0/s1. The summed E-state index contributed by atoms with van der Waals surface area (Å²) in [5.74, 6) is -4.84. The highest BCUT2D eigenvalue weighted by molar-refractivity contribution is 5.99. The predicted molar refractivity (Wildman–Crippen MR) is 165 cm³/mol. The first-order valence-corrected chi connectivity index (χ1v) is 14.8. The number of halogens is 3. The van der Waals surface area contributed by atoms with Gasteiger partial charge in [-0.3, -0.25) is 24.0 Å². The number of carbonyl (C=O) groups is 5. The third-order valence-electron chi connectivity index (χ3n) is 7.23. The van der Waals surface area contributed by atoms with Crippen molar-refractivity contribution in [1.82, 2.24) is 21.3 Å². The highest BCUT2D eigenvalue weighted by Crippen LogP contribution is 2.24. The Kier molecular flexibility index (Phi) is 13.7. The van der Waals surface area contributed by atoms with Gasteiger partial charge in [-0.25, -0.2) is 0 Å². The molecule has 2 rings (SSSR count). The maximum Gasteiger partial charge on any atom is 0.416 e. The van der Waals surface area contributed by atoms with Crippen LogP contribution in [0.1, 0.15) is 57.8 Å². The molecule has 5 atom stereocenters. The zero-order chi connectivity index (χ0) is 34.8. The van der Waals surface area contributed by atoms with E-state index in [-0.39, 0.29) is 5.92 Å². The van der Waals surface area contributed by atoms with Gasteiger partial charge < -0.3 is 32.1 Å². The number of rotatable bonds is 15. The fourth-order valence-corrected chi connectivity index (χ4v) is 4.49. The zero-order valence-corrected chi connectivity index (χ0v) is 26.4. The number of nitrogens with one attached hydrogen (secondary N) is 4. The molecule has 0 aliphatic rings. The molecule has 0 heterocycles. The van der Waals surface area contributed by atoms with Crippen molar-refractivity contribution in [2.24, 2.45) is 17.6 Å². The van der Waals surface area contributed by atoms with Gasteiger partial charge in [0.1, 0.15) is 18.1 Å². The number of nitrogens with two attached hydrogens (primary N) is 1. The molecule has 0 radical (unpaired) electrons. The Hall–Kier alpha value is -4.46. The molecule has 0 bridgehead atoms. The molecule has 0 saturated heterocycles. The Morgan fingerprint density at radius 1 is 0.717 bits per heavy atom. The van der Waals surface area contributed by atoms with E-state index < -0.39 is 84.7 Å². The Morgan fingerprint density at radius 3 is 1.72 bits per heavy atom. The average molecular weight is 650 g/mol. The van der Waals surface area contributed by atoms with Crippen LogP contribution in [0.2, 0.25) is 0 Å². The van der Waals surface area contributed by atoms with E-state index in [0.29, 0.717) is 5.56 Å². The van der Waals surface area contributed by atoms with Gasteiger partial charge >= 0.3 is 6.18 Å². The van der Waals surface area contributed by atoms with Crippen molar-refractivity contribution in [3.63, 3.8) is 0 Å². The van der Waals surface area contributed by atoms with Crippen LogP contribution >= 0.6 is 0 Å². The molecule has 0 aromatic heterocycles. The maximum atomic E-state index is 13.3. The van der Waals surface area contributed by atoms with Crippen LogP contribution in [0.25, 0.3) is 11.1 Å². The van der Waals surface area contributed by atoms with E-state index in [1.165, 1.54) is 6.92 Å². The van der Waals surface area contributed by atoms with Crippen molar-refractivity contribution < 1.29 is 42.3 Å². The lowest BCUT2D eigenvalue weighted by Crippen LogP contribution is -2.59. The molecule has 11 nitrogen and oxygen atoms in total. The first-order valence-electron chi connectivity index (χ1n) is 14.8. The van der Waals surface area contributed by atoms with Crippen molar-refractivity contribution in [1.29, 1.82) is 0 Å². The molecule has 0 aliphatic carbocycles. The zero-order valence-electron chi connectivity index (χ0n) is 26.4.